The lowest BCUT2D eigenvalue weighted by atomic mass is 9.61. The quantitative estimate of drug-likeness (QED) is 0.212. The maximum atomic E-state index is 11.2. The van der Waals surface area contributed by atoms with E-state index < -0.39 is 11.6 Å². The Balaban J connectivity index is 1.28. The molecule has 0 aliphatic carbocycles. The number of amides is 1. The zero-order valence-corrected chi connectivity index (χ0v) is 27.2. The van der Waals surface area contributed by atoms with Crippen LogP contribution in [-0.2, 0) is 18.6 Å². The van der Waals surface area contributed by atoms with Gasteiger partial charge in [-0.15, -0.1) is 0 Å². The number of anilines is 1. The monoisotopic (exact) mass is 619 g/mol. The van der Waals surface area contributed by atoms with Crippen LogP contribution in [0.5, 0.6) is 11.5 Å². The molecule has 0 radical (unpaired) electrons. The Morgan fingerprint density at radius 2 is 1.43 bits per heavy atom. The molecule has 240 valence electrons. The highest BCUT2D eigenvalue weighted by Crippen LogP contribution is 2.54. The number of benzene rings is 4. The lowest BCUT2D eigenvalue weighted by molar-refractivity contribution is 0.0985. The van der Waals surface area contributed by atoms with Crippen LogP contribution in [0.4, 0.5) is 10.5 Å². The molecule has 0 saturated carbocycles. The van der Waals surface area contributed by atoms with Gasteiger partial charge in [-0.3, -0.25) is 4.90 Å². The molecular formula is C39H45N3O4. The predicted octanol–water partition coefficient (Wildman–Crippen LogP) is 7.29. The molecule has 1 fully saturated rings. The molecule has 4 aromatic rings. The second-order valence-corrected chi connectivity index (χ2v) is 13.3. The average molecular weight is 620 g/mol. The van der Waals surface area contributed by atoms with E-state index in [0.29, 0.717) is 26.3 Å². The largest absolute Gasteiger partial charge is 0.492 e. The third-order valence-corrected chi connectivity index (χ3v) is 9.47. The first-order valence-corrected chi connectivity index (χ1v) is 16.3. The minimum absolute atomic E-state index is 0.176. The van der Waals surface area contributed by atoms with Crippen molar-refractivity contribution >= 4 is 11.8 Å². The summed E-state index contributed by atoms with van der Waals surface area (Å²) in [5, 5.41) is 9.22. The molecule has 0 spiro atoms. The highest BCUT2D eigenvalue weighted by atomic mass is 16.5. The van der Waals surface area contributed by atoms with E-state index in [1.54, 1.807) is 0 Å². The van der Waals surface area contributed by atoms with Crippen LogP contribution in [-0.4, -0.2) is 66.9 Å². The summed E-state index contributed by atoms with van der Waals surface area (Å²) in [6.07, 6.45) is 0.0826. The zero-order chi connectivity index (χ0) is 32.1. The van der Waals surface area contributed by atoms with Crippen LogP contribution in [0.2, 0.25) is 0 Å². The Kier molecular flexibility index (Phi) is 9.22. The fourth-order valence-corrected chi connectivity index (χ4v) is 7.24. The molecular weight excluding hydrogens is 574 g/mol. The molecule has 7 nitrogen and oxygen atoms in total. The van der Waals surface area contributed by atoms with Crippen molar-refractivity contribution in [2.75, 3.05) is 50.8 Å². The number of fused-ring (bicyclic) bond motifs is 1. The standard InChI is InChI=1S/C39H45N3O4/c1-38(2,3)39(32-14-16-34(17-15-32)45-27-26-40-22-24-41(25-23-40)37(43)44)36-19-18-35(46-29-30-10-6-4-7-11-30)28-31(36)20-21-42(39)33-12-8-5-9-13-33/h4-19,28H,20-27,29H2,1-3H3,(H,43,44). The number of ether oxygens (including phenoxy) is 2. The molecule has 1 amide bonds. The van der Waals surface area contributed by atoms with E-state index in [1.807, 2.05) is 18.2 Å². The van der Waals surface area contributed by atoms with E-state index >= 15 is 0 Å². The summed E-state index contributed by atoms with van der Waals surface area (Å²) in [5.74, 6) is 1.73. The van der Waals surface area contributed by atoms with Crippen LogP contribution in [0.15, 0.2) is 103 Å². The molecule has 6 rings (SSSR count). The van der Waals surface area contributed by atoms with E-state index in [0.717, 1.165) is 49.7 Å². The average Bonchev–Trinajstić information content (AvgIpc) is 3.07. The number of hydrogen-bond donors (Lipinski definition) is 1. The van der Waals surface area contributed by atoms with Crippen molar-refractivity contribution in [2.45, 2.75) is 39.3 Å². The summed E-state index contributed by atoms with van der Waals surface area (Å²) >= 11 is 0. The first kappa shape index (κ1) is 31.5. The van der Waals surface area contributed by atoms with E-state index in [9.17, 15) is 9.90 Å². The van der Waals surface area contributed by atoms with E-state index in [1.165, 1.54) is 27.3 Å². The predicted molar refractivity (Wildman–Crippen MR) is 183 cm³/mol. The van der Waals surface area contributed by atoms with Gasteiger partial charge in [0.25, 0.3) is 0 Å². The topological polar surface area (TPSA) is 65.5 Å². The van der Waals surface area contributed by atoms with Gasteiger partial charge in [-0.25, -0.2) is 4.79 Å². The Morgan fingerprint density at radius 1 is 0.783 bits per heavy atom. The Morgan fingerprint density at radius 3 is 2.09 bits per heavy atom. The highest BCUT2D eigenvalue weighted by Gasteiger charge is 2.52. The van der Waals surface area contributed by atoms with Crippen LogP contribution >= 0.6 is 0 Å². The van der Waals surface area contributed by atoms with Crippen molar-refractivity contribution in [3.8, 4) is 11.5 Å². The van der Waals surface area contributed by atoms with Crippen LogP contribution in [0.3, 0.4) is 0 Å². The summed E-state index contributed by atoms with van der Waals surface area (Å²) in [6, 6.07) is 36.4. The Labute approximate surface area is 273 Å². The number of para-hydroxylation sites is 1. The van der Waals surface area contributed by atoms with Gasteiger partial charge >= 0.3 is 6.09 Å². The minimum atomic E-state index is -0.840. The van der Waals surface area contributed by atoms with Crippen molar-refractivity contribution in [3.05, 3.63) is 125 Å². The van der Waals surface area contributed by atoms with Crippen molar-refractivity contribution in [1.82, 2.24) is 9.80 Å². The summed E-state index contributed by atoms with van der Waals surface area (Å²) in [6.45, 7) is 12.3. The lowest BCUT2D eigenvalue weighted by Gasteiger charge is -2.57. The number of carbonyl (C=O) groups is 1. The molecule has 7 heteroatoms. The van der Waals surface area contributed by atoms with Crippen molar-refractivity contribution in [2.24, 2.45) is 5.41 Å². The number of rotatable bonds is 9. The molecule has 46 heavy (non-hydrogen) atoms. The van der Waals surface area contributed by atoms with Crippen molar-refractivity contribution < 1.29 is 19.4 Å². The highest BCUT2D eigenvalue weighted by molar-refractivity contribution is 5.65. The van der Waals surface area contributed by atoms with Crippen LogP contribution in [0.25, 0.3) is 0 Å². The Bertz CT molecular complexity index is 1600. The van der Waals surface area contributed by atoms with Crippen LogP contribution in [0, 0.1) is 5.41 Å². The normalized spacial score (nSPS) is 18.6. The fourth-order valence-electron chi connectivity index (χ4n) is 7.24. The summed E-state index contributed by atoms with van der Waals surface area (Å²) in [5.41, 5.74) is 5.58. The number of carboxylic acid groups (broad SMARTS) is 1. The van der Waals surface area contributed by atoms with Gasteiger partial charge in [0.2, 0.25) is 0 Å². The minimum Gasteiger partial charge on any atom is -0.492 e. The first-order chi connectivity index (χ1) is 22.3. The van der Waals surface area contributed by atoms with Gasteiger partial charge in [-0.2, -0.15) is 0 Å². The third kappa shape index (κ3) is 6.42. The molecule has 0 aromatic heterocycles. The van der Waals surface area contributed by atoms with Crippen molar-refractivity contribution in [3.63, 3.8) is 0 Å². The van der Waals surface area contributed by atoms with Gasteiger partial charge in [0.1, 0.15) is 24.7 Å². The zero-order valence-electron chi connectivity index (χ0n) is 27.2. The van der Waals surface area contributed by atoms with Gasteiger partial charge in [0.15, 0.2) is 0 Å². The fraction of sp³-hybridized carbons (Fsp3) is 0.359. The van der Waals surface area contributed by atoms with Gasteiger partial charge in [0, 0.05) is 45.0 Å². The van der Waals surface area contributed by atoms with E-state index in [2.05, 4.69) is 116 Å². The molecule has 1 unspecified atom stereocenters. The second kappa shape index (κ2) is 13.5. The molecule has 1 atom stereocenters. The SMILES string of the molecule is CC(C)(C)C1(c2ccc(OCCN3CCN(C(=O)O)CC3)cc2)c2ccc(OCc3ccccc3)cc2CCN1c1ccccc1. The third-order valence-electron chi connectivity index (χ3n) is 9.47. The first-order valence-electron chi connectivity index (χ1n) is 16.3. The Hall–Kier alpha value is -4.49. The molecule has 2 heterocycles. The molecule has 4 aromatic carbocycles. The van der Waals surface area contributed by atoms with E-state index in [-0.39, 0.29) is 5.41 Å². The van der Waals surface area contributed by atoms with Crippen LogP contribution < -0.4 is 14.4 Å². The van der Waals surface area contributed by atoms with Crippen molar-refractivity contribution in [1.29, 1.82) is 0 Å². The van der Waals surface area contributed by atoms with Gasteiger partial charge in [-0.05, 0) is 70.5 Å². The molecule has 1 saturated heterocycles. The van der Waals surface area contributed by atoms with Gasteiger partial charge in [-0.1, -0.05) is 87.5 Å². The summed E-state index contributed by atoms with van der Waals surface area (Å²) in [4.78, 5) is 17.5. The smallest absolute Gasteiger partial charge is 0.407 e. The van der Waals surface area contributed by atoms with Gasteiger partial charge < -0.3 is 24.4 Å². The number of piperazine rings is 1. The summed E-state index contributed by atoms with van der Waals surface area (Å²) < 4.78 is 12.5. The van der Waals surface area contributed by atoms with E-state index in [4.69, 9.17) is 9.47 Å². The molecule has 0 bridgehead atoms. The van der Waals surface area contributed by atoms with Crippen LogP contribution in [0.1, 0.15) is 43.0 Å². The molecule has 2 aliphatic heterocycles. The molecule has 2 aliphatic rings. The number of hydrogen-bond acceptors (Lipinski definition) is 5. The maximum absolute atomic E-state index is 11.2. The maximum Gasteiger partial charge on any atom is 0.407 e. The van der Waals surface area contributed by atoms with Gasteiger partial charge in [0.05, 0.1) is 5.54 Å². The summed E-state index contributed by atoms with van der Waals surface area (Å²) in [7, 11) is 0. The lowest BCUT2D eigenvalue weighted by Crippen LogP contribution is -2.59. The molecule has 1 N–H and O–H groups in total. The number of nitrogens with zero attached hydrogens (tertiary/aromatic N) is 3. The second-order valence-electron chi connectivity index (χ2n) is 13.3.